The molecule has 2 unspecified atom stereocenters. The van der Waals surface area contributed by atoms with Gasteiger partial charge in [-0.25, -0.2) is 4.39 Å². The molecule has 0 aliphatic carbocycles. The van der Waals surface area contributed by atoms with Crippen LogP contribution in [0.1, 0.15) is 17.4 Å². The molecule has 1 aliphatic rings. The van der Waals surface area contributed by atoms with Crippen LogP contribution in [0.5, 0.6) is 0 Å². The number of aliphatic hydroxyl groups excluding tert-OH is 1. The second-order valence-electron chi connectivity index (χ2n) is 7.13. The highest BCUT2D eigenvalue weighted by molar-refractivity contribution is 6.53. The van der Waals surface area contributed by atoms with Crippen molar-refractivity contribution in [2.75, 3.05) is 19.8 Å². The first kappa shape index (κ1) is 21.9. The number of pyridine rings is 1. The molecule has 2 heterocycles. The van der Waals surface area contributed by atoms with Gasteiger partial charge in [0.05, 0.1) is 11.7 Å². The normalized spacial score (nSPS) is 17.0. The first-order valence-corrected chi connectivity index (χ1v) is 10.1. The maximum Gasteiger partial charge on any atom is 0.253 e. The molecule has 1 amide bonds. The molecule has 1 fully saturated rings. The number of alkyl halides is 3. The number of benzene rings is 1. The summed E-state index contributed by atoms with van der Waals surface area (Å²) in [7, 11) is 0. The average molecular weight is 441 g/mol. The first-order valence-electron chi connectivity index (χ1n) is 9.23. The van der Waals surface area contributed by atoms with Gasteiger partial charge in [0.2, 0.25) is 0 Å². The Labute approximate surface area is 178 Å². The Bertz CT molecular complexity index is 814. The van der Waals surface area contributed by atoms with Crippen LogP contribution in [-0.2, 0) is 11.3 Å². The molecular weight excluding hydrogens is 418 g/mol. The van der Waals surface area contributed by atoms with Crippen molar-refractivity contribution in [2.24, 2.45) is 5.73 Å². The molecular formula is C20H23Cl2FN4O2. The molecule has 156 valence electrons. The summed E-state index contributed by atoms with van der Waals surface area (Å²) in [5, 5.41) is 12.7. The molecule has 3 rings (SSSR count). The summed E-state index contributed by atoms with van der Waals surface area (Å²) >= 11 is 10.9. The van der Waals surface area contributed by atoms with E-state index in [9.17, 15) is 14.3 Å². The molecule has 0 bridgehead atoms. The molecule has 0 saturated carbocycles. The zero-order chi connectivity index (χ0) is 21.0. The smallest absolute Gasteiger partial charge is 0.253 e. The fourth-order valence-electron chi connectivity index (χ4n) is 3.21. The molecule has 4 N–H and O–H groups in total. The Morgan fingerprint density at radius 1 is 1.24 bits per heavy atom. The fourth-order valence-corrected chi connectivity index (χ4v) is 3.34. The monoisotopic (exact) mass is 440 g/mol. The summed E-state index contributed by atoms with van der Waals surface area (Å²) < 4.78 is 13.3. The Morgan fingerprint density at radius 3 is 2.41 bits per heavy atom. The minimum absolute atomic E-state index is 0.264. The van der Waals surface area contributed by atoms with E-state index in [0.29, 0.717) is 5.56 Å². The van der Waals surface area contributed by atoms with Gasteiger partial charge in [-0.2, -0.15) is 0 Å². The highest BCUT2D eigenvalue weighted by Crippen LogP contribution is 2.24. The van der Waals surface area contributed by atoms with E-state index in [1.165, 1.54) is 0 Å². The minimum Gasteiger partial charge on any atom is -0.386 e. The molecule has 2 atom stereocenters. The molecule has 6 nitrogen and oxygen atoms in total. The molecule has 1 aromatic heterocycles. The zero-order valence-corrected chi connectivity index (χ0v) is 17.2. The number of nitrogens with zero attached hydrogens (tertiary/aromatic N) is 2. The van der Waals surface area contributed by atoms with Crippen LogP contribution in [0, 0.1) is 0 Å². The number of hydrogen-bond donors (Lipinski definition) is 3. The number of halogens is 3. The number of amides is 1. The lowest BCUT2D eigenvalue weighted by atomic mass is 9.99. The van der Waals surface area contributed by atoms with Gasteiger partial charge in [-0.15, -0.1) is 0 Å². The third-order valence-corrected chi connectivity index (χ3v) is 5.25. The number of carbonyl (C=O) groups is 1. The molecule has 1 aromatic carbocycles. The lowest BCUT2D eigenvalue weighted by Gasteiger charge is -2.36. The predicted molar refractivity (Wildman–Crippen MR) is 111 cm³/mol. The van der Waals surface area contributed by atoms with E-state index in [0.717, 1.165) is 36.5 Å². The summed E-state index contributed by atoms with van der Waals surface area (Å²) in [6.07, 6.45) is 0.570. The van der Waals surface area contributed by atoms with Gasteiger partial charge >= 0.3 is 0 Å². The van der Waals surface area contributed by atoms with Crippen LogP contribution in [-0.4, -0.2) is 57.6 Å². The molecule has 9 heteroatoms. The Balaban J connectivity index is 1.63. The van der Waals surface area contributed by atoms with E-state index >= 15 is 0 Å². The second kappa shape index (κ2) is 9.82. The van der Waals surface area contributed by atoms with Gasteiger partial charge in [0.25, 0.3) is 5.91 Å². The van der Waals surface area contributed by atoms with E-state index in [2.05, 4.69) is 15.2 Å². The number of nitrogens with one attached hydrogen (secondary N) is 1. The lowest BCUT2D eigenvalue weighted by molar-refractivity contribution is -0.121. The van der Waals surface area contributed by atoms with Crippen molar-refractivity contribution in [3.05, 3.63) is 53.9 Å². The molecule has 2 aromatic rings. The van der Waals surface area contributed by atoms with E-state index in [1.54, 1.807) is 18.3 Å². The van der Waals surface area contributed by atoms with Crippen LogP contribution in [0.3, 0.4) is 0 Å². The van der Waals surface area contributed by atoms with Crippen LogP contribution in [0.2, 0.25) is 0 Å². The number of likely N-dealkylation sites (tertiary alicyclic amines) is 1. The van der Waals surface area contributed by atoms with Crippen LogP contribution in [0.25, 0.3) is 11.1 Å². The molecule has 0 radical (unpaired) electrons. The van der Waals surface area contributed by atoms with Crippen molar-refractivity contribution >= 4 is 29.1 Å². The Hall–Kier alpha value is -1.77. The fraction of sp³-hybridized carbons (Fsp3) is 0.400. The van der Waals surface area contributed by atoms with E-state index in [4.69, 9.17) is 28.9 Å². The first-order chi connectivity index (χ1) is 13.9. The molecule has 1 aliphatic heterocycles. The van der Waals surface area contributed by atoms with Crippen molar-refractivity contribution < 1.29 is 14.3 Å². The van der Waals surface area contributed by atoms with Crippen molar-refractivity contribution in [2.45, 2.75) is 29.6 Å². The van der Waals surface area contributed by atoms with Crippen molar-refractivity contribution in [1.82, 2.24) is 15.2 Å². The number of rotatable bonds is 8. The second-order valence-corrected chi connectivity index (χ2v) is 8.23. The number of nitrogens with two attached hydrogens (primary N) is 1. The van der Waals surface area contributed by atoms with Crippen LogP contribution in [0.15, 0.2) is 42.6 Å². The Kier molecular flexibility index (Phi) is 7.43. The molecule has 1 saturated heterocycles. The maximum absolute atomic E-state index is 13.3. The summed E-state index contributed by atoms with van der Waals surface area (Å²) in [4.78, 5) is 17.0. The van der Waals surface area contributed by atoms with Crippen LogP contribution in [0.4, 0.5) is 4.39 Å². The minimum atomic E-state index is -1.33. The van der Waals surface area contributed by atoms with Gasteiger partial charge < -0.3 is 16.2 Å². The van der Waals surface area contributed by atoms with Gasteiger partial charge in [0.1, 0.15) is 12.8 Å². The number of aromatic nitrogens is 1. The number of hydrogen-bond acceptors (Lipinski definition) is 5. The maximum atomic E-state index is 13.3. The van der Waals surface area contributed by atoms with Gasteiger partial charge in [0.15, 0.2) is 4.84 Å². The van der Waals surface area contributed by atoms with Gasteiger partial charge in [0, 0.05) is 37.4 Å². The summed E-state index contributed by atoms with van der Waals surface area (Å²) in [5.74, 6) is -0.752. The topological polar surface area (TPSA) is 91.5 Å². The lowest BCUT2D eigenvalue weighted by Crippen LogP contribution is -2.54. The van der Waals surface area contributed by atoms with Gasteiger partial charge in [-0.1, -0.05) is 53.5 Å². The van der Waals surface area contributed by atoms with E-state index in [-0.39, 0.29) is 6.04 Å². The zero-order valence-electron chi connectivity index (χ0n) is 15.6. The average Bonchev–Trinajstić information content (AvgIpc) is 2.70. The predicted octanol–water partition coefficient (Wildman–Crippen LogP) is 2.18. The van der Waals surface area contributed by atoms with Crippen molar-refractivity contribution in [1.29, 1.82) is 0 Å². The van der Waals surface area contributed by atoms with E-state index in [1.807, 2.05) is 24.3 Å². The SMILES string of the molecule is NC1CN(Cc2ccc(-c3ccc(C(O)C(CF)NC(=O)C(Cl)Cl)cc3)cn2)C1. The highest BCUT2D eigenvalue weighted by atomic mass is 35.5. The highest BCUT2D eigenvalue weighted by Gasteiger charge is 2.25. The summed E-state index contributed by atoms with van der Waals surface area (Å²) in [5.41, 5.74) is 9.07. The Morgan fingerprint density at radius 2 is 1.90 bits per heavy atom. The number of aliphatic hydroxyl groups is 1. The van der Waals surface area contributed by atoms with Crippen LogP contribution < -0.4 is 11.1 Å². The van der Waals surface area contributed by atoms with Crippen molar-refractivity contribution in [3.63, 3.8) is 0 Å². The van der Waals surface area contributed by atoms with Gasteiger partial charge in [-0.3, -0.25) is 14.7 Å². The third kappa shape index (κ3) is 5.65. The van der Waals surface area contributed by atoms with Crippen LogP contribution >= 0.6 is 23.2 Å². The molecule has 0 spiro atoms. The quantitative estimate of drug-likeness (QED) is 0.547. The largest absolute Gasteiger partial charge is 0.386 e. The third-order valence-electron chi connectivity index (χ3n) is 4.85. The standard InChI is InChI=1S/C20H23Cl2FN4O2/c21-19(22)20(29)26-17(7-23)18(28)13-3-1-12(2-4-13)14-5-6-16(25-8-14)11-27-9-15(24)10-27/h1-6,8,15,17-19,28H,7,9-11,24H2,(H,26,29). The number of carbonyl (C=O) groups excluding carboxylic acids is 1. The van der Waals surface area contributed by atoms with E-state index < -0.39 is 29.6 Å². The summed E-state index contributed by atoms with van der Waals surface area (Å²) in [6.45, 7) is 1.61. The van der Waals surface area contributed by atoms with Crippen molar-refractivity contribution in [3.8, 4) is 11.1 Å². The van der Waals surface area contributed by atoms with Gasteiger partial charge in [-0.05, 0) is 17.2 Å². The molecule has 29 heavy (non-hydrogen) atoms. The summed E-state index contributed by atoms with van der Waals surface area (Å²) in [6, 6.07) is 10.1.